The van der Waals surface area contributed by atoms with E-state index in [2.05, 4.69) is 32.6 Å². The van der Waals surface area contributed by atoms with Gasteiger partial charge >= 0.3 is 0 Å². The molecule has 1 rings (SSSR count). The minimum atomic E-state index is -0.333. The van der Waals surface area contributed by atoms with E-state index in [0.29, 0.717) is 18.7 Å². The van der Waals surface area contributed by atoms with Crippen molar-refractivity contribution in [3.05, 3.63) is 47.8 Å². The van der Waals surface area contributed by atoms with Crippen molar-refractivity contribution in [1.82, 2.24) is 4.90 Å². The summed E-state index contributed by atoms with van der Waals surface area (Å²) in [6.07, 6.45) is 3.74. The van der Waals surface area contributed by atoms with Gasteiger partial charge in [0.1, 0.15) is 5.82 Å². The molecule has 0 bridgehead atoms. The van der Waals surface area contributed by atoms with E-state index in [1.165, 1.54) is 24.3 Å². The van der Waals surface area contributed by atoms with E-state index >= 15 is 0 Å². The van der Waals surface area contributed by atoms with Crippen LogP contribution in [0.4, 0.5) is 4.39 Å². The Labute approximate surface area is 126 Å². The van der Waals surface area contributed by atoms with Gasteiger partial charge in [0.15, 0.2) is 5.78 Å². The highest BCUT2D eigenvalue weighted by Crippen LogP contribution is 2.09. The van der Waals surface area contributed by atoms with E-state index in [1.54, 1.807) is 0 Å². The number of benzene rings is 1. The van der Waals surface area contributed by atoms with Crippen molar-refractivity contribution in [1.29, 1.82) is 0 Å². The zero-order valence-corrected chi connectivity index (χ0v) is 13.1. The van der Waals surface area contributed by atoms with Gasteiger partial charge in [-0.25, -0.2) is 4.39 Å². The molecule has 0 aliphatic heterocycles. The first-order valence-corrected chi connectivity index (χ1v) is 6.93. The van der Waals surface area contributed by atoms with Crippen molar-refractivity contribution >= 4 is 5.78 Å². The monoisotopic (exact) mass is 287 g/mol. The first kappa shape index (κ1) is 17.1. The lowest BCUT2D eigenvalue weighted by molar-refractivity contribution is 0.0952. The van der Waals surface area contributed by atoms with Crippen molar-refractivity contribution in [3.63, 3.8) is 0 Å². The normalized spacial score (nSPS) is 11.5. The summed E-state index contributed by atoms with van der Waals surface area (Å²) in [5, 5.41) is 0. The molecule has 0 N–H and O–H groups in total. The molecule has 0 saturated heterocycles. The highest BCUT2D eigenvalue weighted by atomic mass is 19.1. The van der Waals surface area contributed by atoms with Crippen molar-refractivity contribution in [3.8, 4) is 11.8 Å². The first-order chi connectivity index (χ1) is 9.78. The zero-order chi connectivity index (χ0) is 15.9. The lowest BCUT2D eigenvalue weighted by atomic mass is 9.98. The number of allylic oxidation sites excluding steroid dienone is 1. The Morgan fingerprint density at radius 1 is 1.29 bits per heavy atom. The van der Waals surface area contributed by atoms with E-state index in [4.69, 9.17) is 0 Å². The number of hydrogen-bond donors (Lipinski definition) is 0. The van der Waals surface area contributed by atoms with Gasteiger partial charge in [-0.15, -0.1) is 0 Å². The second-order valence-electron chi connectivity index (χ2n) is 6.05. The van der Waals surface area contributed by atoms with E-state index in [1.807, 2.05) is 24.1 Å². The van der Waals surface area contributed by atoms with Crippen LogP contribution in [0.2, 0.25) is 0 Å². The third-order valence-corrected chi connectivity index (χ3v) is 2.65. The third kappa shape index (κ3) is 7.43. The van der Waals surface area contributed by atoms with Crippen molar-refractivity contribution in [2.75, 3.05) is 20.1 Å². The number of Topliss-reactive ketones (excluding diaryl/α,β-unsaturated/α-hetero) is 1. The van der Waals surface area contributed by atoms with Crippen molar-refractivity contribution in [2.45, 2.75) is 20.8 Å². The first-order valence-electron chi connectivity index (χ1n) is 6.93. The molecule has 2 nitrogen and oxygen atoms in total. The molecule has 0 aromatic heterocycles. The Balaban J connectivity index is 2.44. The minimum absolute atomic E-state index is 0.00517. The molecule has 0 heterocycles. The Morgan fingerprint density at radius 3 is 2.48 bits per heavy atom. The van der Waals surface area contributed by atoms with Gasteiger partial charge in [0.25, 0.3) is 0 Å². The second-order valence-corrected chi connectivity index (χ2v) is 6.05. The zero-order valence-electron chi connectivity index (χ0n) is 13.1. The van der Waals surface area contributed by atoms with Gasteiger partial charge in [0, 0.05) is 17.5 Å². The fraction of sp³-hybridized carbons (Fsp3) is 0.389. The van der Waals surface area contributed by atoms with E-state index in [9.17, 15) is 9.18 Å². The van der Waals surface area contributed by atoms with Gasteiger partial charge in [-0.1, -0.05) is 17.9 Å². The Kier molecular flexibility index (Phi) is 6.33. The quantitative estimate of drug-likeness (QED) is 0.610. The van der Waals surface area contributed by atoms with Crippen LogP contribution in [0, 0.1) is 23.1 Å². The van der Waals surface area contributed by atoms with Crippen molar-refractivity contribution < 1.29 is 9.18 Å². The maximum atomic E-state index is 12.8. The molecule has 0 saturated carbocycles. The standard InChI is InChI=1S/C18H22FNO/c1-18(2,3)12-6-5-7-13-20(4)14-17(21)15-8-10-16(19)11-9-15/h5,7-11H,13-14H2,1-4H3/b7-5+. The molecule has 3 heteroatoms. The van der Waals surface area contributed by atoms with Crippen LogP contribution in [0.1, 0.15) is 31.1 Å². The highest BCUT2D eigenvalue weighted by molar-refractivity contribution is 5.97. The summed E-state index contributed by atoms with van der Waals surface area (Å²) in [6.45, 7) is 7.11. The molecule has 0 fully saturated rings. The van der Waals surface area contributed by atoms with Gasteiger partial charge in [0.05, 0.1) is 6.54 Å². The van der Waals surface area contributed by atoms with Crippen LogP contribution in [0.3, 0.4) is 0 Å². The molecular weight excluding hydrogens is 265 g/mol. The summed E-state index contributed by atoms with van der Waals surface area (Å²) in [5.41, 5.74) is 0.522. The number of hydrogen-bond acceptors (Lipinski definition) is 2. The van der Waals surface area contributed by atoms with Crippen LogP contribution in [0.15, 0.2) is 36.4 Å². The fourth-order valence-electron chi connectivity index (χ4n) is 1.59. The summed E-state index contributed by atoms with van der Waals surface area (Å²) < 4.78 is 12.8. The molecule has 21 heavy (non-hydrogen) atoms. The van der Waals surface area contributed by atoms with Crippen LogP contribution in [0.25, 0.3) is 0 Å². The Bertz CT molecular complexity index is 556. The topological polar surface area (TPSA) is 20.3 Å². The maximum Gasteiger partial charge on any atom is 0.176 e. The molecule has 112 valence electrons. The number of carbonyl (C=O) groups is 1. The van der Waals surface area contributed by atoms with E-state index in [0.717, 1.165) is 0 Å². The van der Waals surface area contributed by atoms with Crippen LogP contribution in [-0.2, 0) is 0 Å². The summed E-state index contributed by atoms with van der Waals surface area (Å²) in [7, 11) is 1.86. The summed E-state index contributed by atoms with van der Waals surface area (Å²) in [6, 6.07) is 5.62. The largest absolute Gasteiger partial charge is 0.295 e. The van der Waals surface area contributed by atoms with Gasteiger partial charge < -0.3 is 0 Å². The molecule has 1 aromatic carbocycles. The number of rotatable bonds is 5. The molecule has 0 atom stereocenters. The number of likely N-dealkylation sites (N-methyl/N-ethyl adjacent to an activating group) is 1. The highest BCUT2D eigenvalue weighted by Gasteiger charge is 2.08. The smallest absolute Gasteiger partial charge is 0.176 e. The number of ketones is 1. The predicted octanol–water partition coefficient (Wildman–Crippen LogP) is 3.55. The van der Waals surface area contributed by atoms with Crippen LogP contribution in [-0.4, -0.2) is 30.8 Å². The van der Waals surface area contributed by atoms with E-state index < -0.39 is 0 Å². The van der Waals surface area contributed by atoms with Crippen LogP contribution >= 0.6 is 0 Å². The Hall–Kier alpha value is -1.92. The minimum Gasteiger partial charge on any atom is -0.295 e. The van der Waals surface area contributed by atoms with Crippen LogP contribution in [0.5, 0.6) is 0 Å². The Morgan fingerprint density at radius 2 is 1.90 bits per heavy atom. The summed E-state index contributed by atoms with van der Waals surface area (Å²) in [5.74, 6) is 5.74. The maximum absolute atomic E-state index is 12.8. The molecular formula is C18H22FNO. The lowest BCUT2D eigenvalue weighted by Crippen LogP contribution is -2.26. The number of nitrogens with zero attached hydrogens (tertiary/aromatic N) is 1. The summed E-state index contributed by atoms with van der Waals surface area (Å²) in [4.78, 5) is 13.9. The lowest BCUT2D eigenvalue weighted by Gasteiger charge is -2.12. The molecule has 0 spiro atoms. The van der Waals surface area contributed by atoms with E-state index in [-0.39, 0.29) is 17.0 Å². The average molecular weight is 287 g/mol. The predicted molar refractivity (Wildman–Crippen MR) is 84.6 cm³/mol. The van der Waals surface area contributed by atoms with Gasteiger partial charge in [0.2, 0.25) is 0 Å². The number of halogens is 1. The molecule has 0 unspecified atom stereocenters. The summed E-state index contributed by atoms with van der Waals surface area (Å²) >= 11 is 0. The average Bonchev–Trinajstić information content (AvgIpc) is 2.37. The SMILES string of the molecule is CN(C/C=C/C#CC(C)(C)C)CC(=O)c1ccc(F)cc1. The molecule has 1 aromatic rings. The van der Waals surface area contributed by atoms with Crippen molar-refractivity contribution in [2.24, 2.45) is 5.41 Å². The van der Waals surface area contributed by atoms with Gasteiger partial charge in [-0.2, -0.15) is 0 Å². The number of carbonyl (C=O) groups excluding carboxylic acids is 1. The van der Waals surface area contributed by atoms with Crippen LogP contribution < -0.4 is 0 Å². The molecule has 0 amide bonds. The fourth-order valence-corrected chi connectivity index (χ4v) is 1.59. The third-order valence-electron chi connectivity index (χ3n) is 2.65. The van der Waals surface area contributed by atoms with Gasteiger partial charge in [-0.05, 0) is 58.2 Å². The molecule has 0 radical (unpaired) electrons. The van der Waals surface area contributed by atoms with Gasteiger partial charge in [-0.3, -0.25) is 9.69 Å². The molecule has 0 aliphatic carbocycles. The molecule has 0 aliphatic rings. The second kappa shape index (κ2) is 7.75.